The van der Waals surface area contributed by atoms with Gasteiger partial charge in [-0.15, -0.1) is 0 Å². The SMILES string of the molecule is Cc1nn(Cc2ccc(F)cc2)c(Cl)c1C(=O)Nc1ccc(-c2noc(C(C)(C)C)n2)cc1. The largest absolute Gasteiger partial charge is 0.338 e. The van der Waals surface area contributed by atoms with Crippen molar-refractivity contribution in [3.8, 4) is 11.4 Å². The van der Waals surface area contributed by atoms with Crippen molar-refractivity contribution in [2.24, 2.45) is 0 Å². The van der Waals surface area contributed by atoms with E-state index >= 15 is 0 Å². The number of aromatic nitrogens is 4. The lowest BCUT2D eigenvalue weighted by Crippen LogP contribution is -2.13. The van der Waals surface area contributed by atoms with Crippen molar-refractivity contribution in [3.63, 3.8) is 0 Å². The molecule has 0 atom stereocenters. The second-order valence-electron chi connectivity index (χ2n) is 8.74. The van der Waals surface area contributed by atoms with Gasteiger partial charge in [0.1, 0.15) is 11.0 Å². The molecule has 33 heavy (non-hydrogen) atoms. The first-order valence-corrected chi connectivity index (χ1v) is 10.7. The van der Waals surface area contributed by atoms with Crippen molar-refractivity contribution < 1.29 is 13.7 Å². The third kappa shape index (κ3) is 4.96. The van der Waals surface area contributed by atoms with E-state index in [-0.39, 0.29) is 27.9 Å². The van der Waals surface area contributed by atoms with Gasteiger partial charge in [-0.1, -0.05) is 49.7 Å². The van der Waals surface area contributed by atoms with Gasteiger partial charge >= 0.3 is 0 Å². The average Bonchev–Trinajstić information content (AvgIpc) is 3.36. The van der Waals surface area contributed by atoms with E-state index < -0.39 is 0 Å². The van der Waals surface area contributed by atoms with Crippen LogP contribution in [0, 0.1) is 12.7 Å². The van der Waals surface area contributed by atoms with E-state index in [0.29, 0.717) is 29.6 Å². The number of carbonyl (C=O) groups is 1. The van der Waals surface area contributed by atoms with Crippen LogP contribution in [-0.4, -0.2) is 25.8 Å². The molecule has 0 spiro atoms. The summed E-state index contributed by atoms with van der Waals surface area (Å²) in [5.74, 6) is 0.350. The van der Waals surface area contributed by atoms with E-state index in [1.54, 1.807) is 43.3 Å². The van der Waals surface area contributed by atoms with Gasteiger partial charge in [0.15, 0.2) is 0 Å². The summed E-state index contributed by atoms with van der Waals surface area (Å²) in [6, 6.07) is 13.2. The molecule has 1 N–H and O–H groups in total. The smallest absolute Gasteiger partial charge is 0.260 e. The van der Waals surface area contributed by atoms with Crippen molar-refractivity contribution in [2.45, 2.75) is 39.7 Å². The Labute approximate surface area is 195 Å². The third-order valence-electron chi connectivity index (χ3n) is 5.01. The summed E-state index contributed by atoms with van der Waals surface area (Å²) in [7, 11) is 0. The van der Waals surface area contributed by atoms with Gasteiger partial charge in [-0.25, -0.2) is 9.07 Å². The molecule has 1 amide bonds. The molecule has 0 fully saturated rings. The number of hydrogen-bond donors (Lipinski definition) is 1. The lowest BCUT2D eigenvalue weighted by molar-refractivity contribution is 0.102. The van der Waals surface area contributed by atoms with Crippen LogP contribution in [0.15, 0.2) is 53.1 Å². The minimum Gasteiger partial charge on any atom is -0.338 e. The van der Waals surface area contributed by atoms with Crippen molar-refractivity contribution in [3.05, 3.63) is 82.2 Å². The van der Waals surface area contributed by atoms with Gasteiger partial charge in [0.05, 0.1) is 17.8 Å². The van der Waals surface area contributed by atoms with E-state index in [1.165, 1.54) is 16.8 Å². The number of carbonyl (C=O) groups excluding carboxylic acids is 1. The number of aryl methyl sites for hydroxylation is 1. The van der Waals surface area contributed by atoms with Gasteiger partial charge in [-0.2, -0.15) is 10.1 Å². The monoisotopic (exact) mass is 467 g/mol. The Bertz CT molecular complexity index is 1290. The van der Waals surface area contributed by atoms with E-state index in [2.05, 4.69) is 20.6 Å². The summed E-state index contributed by atoms with van der Waals surface area (Å²) in [6.07, 6.45) is 0. The fraction of sp³-hybridized carbons (Fsp3) is 0.250. The molecule has 170 valence electrons. The standard InChI is InChI=1S/C24H23ClFN5O2/c1-14-19(20(25)31(29-14)13-15-5-9-17(26)10-6-15)22(32)27-18-11-7-16(8-12-18)21-28-23(33-30-21)24(2,3)4/h5-12H,13H2,1-4H3,(H,27,32). The maximum Gasteiger partial charge on any atom is 0.260 e. The summed E-state index contributed by atoms with van der Waals surface area (Å²) in [4.78, 5) is 17.3. The fourth-order valence-electron chi connectivity index (χ4n) is 3.22. The molecule has 2 heterocycles. The van der Waals surface area contributed by atoms with Crippen LogP contribution < -0.4 is 5.32 Å². The number of rotatable bonds is 5. The molecule has 2 aromatic carbocycles. The molecule has 4 aromatic rings. The number of nitrogens with one attached hydrogen (secondary N) is 1. The molecule has 0 saturated carbocycles. The summed E-state index contributed by atoms with van der Waals surface area (Å²) in [5.41, 5.74) is 2.73. The topological polar surface area (TPSA) is 85.8 Å². The molecule has 0 aliphatic rings. The van der Waals surface area contributed by atoms with Crippen LogP contribution in [-0.2, 0) is 12.0 Å². The fourth-order valence-corrected chi connectivity index (χ4v) is 3.54. The highest BCUT2D eigenvalue weighted by Crippen LogP contribution is 2.26. The molecule has 7 nitrogen and oxygen atoms in total. The third-order valence-corrected chi connectivity index (χ3v) is 5.39. The van der Waals surface area contributed by atoms with Gasteiger partial charge in [0.25, 0.3) is 5.91 Å². The predicted molar refractivity (Wildman–Crippen MR) is 124 cm³/mol. The van der Waals surface area contributed by atoms with Gasteiger partial charge in [0.2, 0.25) is 11.7 Å². The zero-order chi connectivity index (χ0) is 23.8. The molecule has 0 bridgehead atoms. The van der Waals surface area contributed by atoms with Crippen LogP contribution in [0.2, 0.25) is 5.15 Å². The molecule has 9 heteroatoms. The van der Waals surface area contributed by atoms with E-state index in [4.69, 9.17) is 16.1 Å². The number of nitrogens with zero attached hydrogens (tertiary/aromatic N) is 4. The van der Waals surface area contributed by atoms with E-state index in [9.17, 15) is 9.18 Å². The number of amides is 1. The highest BCUT2D eigenvalue weighted by Gasteiger charge is 2.23. The Balaban J connectivity index is 1.48. The second kappa shape index (κ2) is 8.78. The van der Waals surface area contributed by atoms with Gasteiger partial charge in [0, 0.05) is 16.7 Å². The number of benzene rings is 2. The van der Waals surface area contributed by atoms with Crippen LogP contribution in [0.25, 0.3) is 11.4 Å². The Kier molecular flexibility index (Phi) is 6.03. The summed E-state index contributed by atoms with van der Waals surface area (Å²) in [5, 5.41) is 11.5. The highest BCUT2D eigenvalue weighted by atomic mass is 35.5. The quantitative estimate of drug-likeness (QED) is 0.411. The van der Waals surface area contributed by atoms with Crippen molar-refractivity contribution in [1.82, 2.24) is 19.9 Å². The van der Waals surface area contributed by atoms with E-state index in [0.717, 1.165) is 11.1 Å². The van der Waals surface area contributed by atoms with Crippen molar-refractivity contribution >= 4 is 23.2 Å². The van der Waals surface area contributed by atoms with Crippen LogP contribution in [0.5, 0.6) is 0 Å². The maximum absolute atomic E-state index is 13.1. The molecular formula is C24H23ClFN5O2. The van der Waals surface area contributed by atoms with Crippen LogP contribution >= 0.6 is 11.6 Å². The number of halogens is 2. The Morgan fingerprint density at radius 2 is 1.79 bits per heavy atom. The first-order chi connectivity index (χ1) is 15.6. The Morgan fingerprint density at radius 1 is 1.12 bits per heavy atom. The highest BCUT2D eigenvalue weighted by molar-refractivity contribution is 6.33. The first-order valence-electron chi connectivity index (χ1n) is 10.3. The maximum atomic E-state index is 13.1. The zero-order valence-corrected chi connectivity index (χ0v) is 19.4. The molecule has 0 aliphatic carbocycles. The molecular weight excluding hydrogens is 445 g/mol. The molecule has 0 unspecified atom stereocenters. The van der Waals surface area contributed by atoms with Gasteiger partial charge in [-0.05, 0) is 48.9 Å². The van der Waals surface area contributed by atoms with Crippen LogP contribution in [0.1, 0.15) is 48.3 Å². The molecule has 0 saturated heterocycles. The number of anilines is 1. The summed E-state index contributed by atoms with van der Waals surface area (Å²) >= 11 is 6.45. The molecule has 0 aliphatic heterocycles. The van der Waals surface area contributed by atoms with Crippen LogP contribution in [0.3, 0.4) is 0 Å². The lowest BCUT2D eigenvalue weighted by Gasteiger charge is -2.10. The Morgan fingerprint density at radius 3 is 2.39 bits per heavy atom. The first kappa shape index (κ1) is 22.7. The average molecular weight is 468 g/mol. The summed E-state index contributed by atoms with van der Waals surface area (Å²) in [6.45, 7) is 8.03. The molecule has 2 aromatic heterocycles. The lowest BCUT2D eigenvalue weighted by atomic mass is 9.97. The minimum absolute atomic E-state index is 0.215. The molecule has 4 rings (SSSR count). The normalized spacial score (nSPS) is 11.6. The summed E-state index contributed by atoms with van der Waals surface area (Å²) < 4.78 is 20.0. The van der Waals surface area contributed by atoms with Crippen LogP contribution in [0.4, 0.5) is 10.1 Å². The Hall–Kier alpha value is -3.52. The van der Waals surface area contributed by atoms with Crippen molar-refractivity contribution in [2.75, 3.05) is 5.32 Å². The second-order valence-corrected chi connectivity index (χ2v) is 9.10. The van der Waals surface area contributed by atoms with Gasteiger partial charge < -0.3 is 9.84 Å². The van der Waals surface area contributed by atoms with Crippen molar-refractivity contribution in [1.29, 1.82) is 0 Å². The van der Waals surface area contributed by atoms with E-state index in [1.807, 2.05) is 20.8 Å². The molecule has 0 radical (unpaired) electrons. The predicted octanol–water partition coefficient (Wildman–Crippen LogP) is 5.63. The zero-order valence-electron chi connectivity index (χ0n) is 18.7. The van der Waals surface area contributed by atoms with Gasteiger partial charge in [-0.3, -0.25) is 4.79 Å². The minimum atomic E-state index is -0.370. The number of hydrogen-bond acceptors (Lipinski definition) is 5.